The Balaban J connectivity index is 1.42. The summed E-state index contributed by atoms with van der Waals surface area (Å²) < 4.78 is 11.4. The minimum atomic E-state index is -0.654. The molecule has 3 rings (SSSR count). The maximum Gasteiger partial charge on any atom is 0.321 e. The van der Waals surface area contributed by atoms with Gasteiger partial charge in [0.15, 0.2) is 18.0 Å². The van der Waals surface area contributed by atoms with E-state index in [1.165, 1.54) is 0 Å². The van der Waals surface area contributed by atoms with Crippen LogP contribution in [0.25, 0.3) is 0 Å². The summed E-state index contributed by atoms with van der Waals surface area (Å²) in [5.41, 5.74) is 0. The van der Waals surface area contributed by atoms with Gasteiger partial charge in [0.2, 0.25) is 6.10 Å². The molecule has 2 aliphatic rings. The molecule has 1 saturated heterocycles. The van der Waals surface area contributed by atoms with Gasteiger partial charge in [-0.3, -0.25) is 14.9 Å². The van der Waals surface area contributed by atoms with E-state index in [1.54, 1.807) is 11.0 Å². The highest BCUT2D eigenvalue weighted by Gasteiger charge is 2.34. The molecule has 0 saturated carbocycles. The Morgan fingerprint density at radius 3 is 2.59 bits per heavy atom. The van der Waals surface area contributed by atoms with Crippen molar-refractivity contribution in [2.45, 2.75) is 32.4 Å². The number of nitrogens with zero attached hydrogens (tertiary/aromatic N) is 1. The first-order valence-corrected chi connectivity index (χ1v) is 10.1. The van der Waals surface area contributed by atoms with E-state index in [1.807, 2.05) is 32.0 Å². The van der Waals surface area contributed by atoms with Gasteiger partial charge in [-0.2, -0.15) is 0 Å². The number of benzene rings is 1. The maximum atomic E-state index is 12.7. The van der Waals surface area contributed by atoms with Crippen LogP contribution in [-0.4, -0.2) is 74.2 Å². The van der Waals surface area contributed by atoms with Crippen molar-refractivity contribution in [3.63, 3.8) is 0 Å². The minimum absolute atomic E-state index is 0.0163. The Hall–Kier alpha value is -2.81. The highest BCUT2D eigenvalue weighted by Crippen LogP contribution is 2.31. The van der Waals surface area contributed by atoms with Crippen molar-refractivity contribution in [1.29, 1.82) is 0 Å². The number of hydrogen-bond acceptors (Lipinski definition) is 5. The van der Waals surface area contributed by atoms with Crippen LogP contribution >= 0.6 is 0 Å². The Labute approximate surface area is 170 Å². The molecule has 1 aromatic rings. The van der Waals surface area contributed by atoms with Crippen molar-refractivity contribution in [1.82, 2.24) is 15.5 Å². The zero-order valence-electron chi connectivity index (χ0n) is 16.9. The molecule has 0 bridgehead atoms. The SMILES string of the molecule is CC[C@@H](C)NC(=O)NC(=O)C[NH+]1CCN(C(=O)[C@@H]2COc3ccccc3O2)CC1. The molecule has 9 heteroatoms. The van der Waals surface area contributed by atoms with E-state index in [2.05, 4.69) is 10.6 Å². The lowest BCUT2D eigenvalue weighted by Gasteiger charge is -2.35. The zero-order chi connectivity index (χ0) is 20.8. The number of imide groups is 1. The molecule has 158 valence electrons. The standard InChI is InChI=1S/C20H28N4O5/c1-3-14(2)21-20(27)22-18(25)12-23-8-10-24(11-9-23)19(26)17-13-28-15-6-4-5-7-16(15)29-17/h4-7,14,17H,3,8-13H2,1-2H3,(H2,21,22,25,27)/p+1/t14-,17+/m1/s1. The topological polar surface area (TPSA) is 101 Å². The third kappa shape index (κ3) is 5.60. The molecule has 0 radical (unpaired) electrons. The van der Waals surface area contributed by atoms with Crippen molar-refractivity contribution < 1.29 is 28.8 Å². The van der Waals surface area contributed by atoms with Crippen LogP contribution in [0.5, 0.6) is 11.5 Å². The second-order valence-electron chi connectivity index (χ2n) is 7.45. The van der Waals surface area contributed by atoms with Gasteiger partial charge in [-0.15, -0.1) is 0 Å². The molecule has 2 aliphatic heterocycles. The molecule has 4 amide bonds. The van der Waals surface area contributed by atoms with Crippen LogP contribution in [0.15, 0.2) is 24.3 Å². The van der Waals surface area contributed by atoms with Crippen LogP contribution in [-0.2, 0) is 9.59 Å². The summed E-state index contributed by atoms with van der Waals surface area (Å²) in [5.74, 6) is 0.806. The van der Waals surface area contributed by atoms with Gasteiger partial charge in [0, 0.05) is 6.04 Å². The molecule has 0 unspecified atom stereocenters. The van der Waals surface area contributed by atoms with Crippen LogP contribution in [0, 0.1) is 0 Å². The first-order valence-electron chi connectivity index (χ1n) is 10.1. The number of amides is 4. The second kappa shape index (κ2) is 9.60. The Morgan fingerprint density at radius 2 is 1.90 bits per heavy atom. The molecule has 3 N–H and O–H groups in total. The fraction of sp³-hybridized carbons (Fsp3) is 0.550. The van der Waals surface area contributed by atoms with Crippen LogP contribution in [0.1, 0.15) is 20.3 Å². The normalized spacial score (nSPS) is 19.9. The minimum Gasteiger partial charge on any atom is -0.485 e. The number of rotatable bonds is 5. The fourth-order valence-corrected chi connectivity index (χ4v) is 3.32. The first kappa shape index (κ1) is 20.9. The van der Waals surface area contributed by atoms with Crippen LogP contribution in [0.2, 0.25) is 0 Å². The lowest BCUT2D eigenvalue weighted by molar-refractivity contribution is -0.896. The Bertz CT molecular complexity index is 748. The summed E-state index contributed by atoms with van der Waals surface area (Å²) in [5, 5.41) is 5.07. The lowest BCUT2D eigenvalue weighted by atomic mass is 10.2. The van der Waals surface area contributed by atoms with E-state index in [0.717, 1.165) is 11.3 Å². The van der Waals surface area contributed by atoms with E-state index < -0.39 is 12.1 Å². The molecule has 9 nitrogen and oxygen atoms in total. The van der Waals surface area contributed by atoms with Gasteiger partial charge in [-0.25, -0.2) is 4.79 Å². The fourth-order valence-electron chi connectivity index (χ4n) is 3.32. The molecule has 1 fully saturated rings. The predicted molar refractivity (Wildman–Crippen MR) is 105 cm³/mol. The molecular formula is C20H29N4O5+. The number of fused-ring (bicyclic) bond motifs is 1. The van der Waals surface area contributed by atoms with E-state index in [-0.39, 0.29) is 31.0 Å². The van der Waals surface area contributed by atoms with Gasteiger partial charge in [-0.05, 0) is 25.5 Å². The smallest absolute Gasteiger partial charge is 0.321 e. The summed E-state index contributed by atoms with van der Waals surface area (Å²) in [6.45, 7) is 6.56. The molecule has 0 aromatic heterocycles. The third-order valence-electron chi connectivity index (χ3n) is 5.22. The molecule has 0 aliphatic carbocycles. The van der Waals surface area contributed by atoms with Crippen molar-refractivity contribution in [3.05, 3.63) is 24.3 Å². The molecule has 1 aromatic carbocycles. The monoisotopic (exact) mass is 405 g/mol. The molecule has 0 spiro atoms. The largest absolute Gasteiger partial charge is 0.485 e. The molecule has 29 heavy (non-hydrogen) atoms. The third-order valence-corrected chi connectivity index (χ3v) is 5.22. The van der Waals surface area contributed by atoms with Crippen molar-refractivity contribution in [2.24, 2.45) is 0 Å². The van der Waals surface area contributed by atoms with Crippen LogP contribution in [0.4, 0.5) is 4.79 Å². The van der Waals surface area contributed by atoms with E-state index in [9.17, 15) is 14.4 Å². The number of para-hydroxylation sites is 2. The number of carbonyl (C=O) groups is 3. The number of hydrogen-bond donors (Lipinski definition) is 3. The average Bonchev–Trinajstić information content (AvgIpc) is 2.73. The lowest BCUT2D eigenvalue weighted by Crippen LogP contribution is -3.16. The van der Waals surface area contributed by atoms with Crippen molar-refractivity contribution >= 4 is 17.8 Å². The first-order chi connectivity index (χ1) is 14.0. The van der Waals surface area contributed by atoms with Crippen LogP contribution in [0.3, 0.4) is 0 Å². The van der Waals surface area contributed by atoms with E-state index in [4.69, 9.17) is 9.47 Å². The average molecular weight is 405 g/mol. The predicted octanol–water partition coefficient (Wildman–Crippen LogP) is -0.822. The summed E-state index contributed by atoms with van der Waals surface area (Å²) in [6, 6.07) is 6.84. The van der Waals surface area contributed by atoms with Gasteiger partial charge in [-0.1, -0.05) is 19.1 Å². The quantitative estimate of drug-likeness (QED) is 0.594. The zero-order valence-corrected chi connectivity index (χ0v) is 16.9. The van der Waals surface area contributed by atoms with Gasteiger partial charge in [0.05, 0.1) is 26.2 Å². The summed E-state index contributed by atoms with van der Waals surface area (Å²) in [4.78, 5) is 39.3. The molecule has 2 atom stereocenters. The number of ether oxygens (including phenoxy) is 2. The highest BCUT2D eigenvalue weighted by atomic mass is 16.6. The molecular weight excluding hydrogens is 376 g/mol. The second-order valence-corrected chi connectivity index (χ2v) is 7.45. The van der Waals surface area contributed by atoms with Gasteiger partial charge in [0.1, 0.15) is 6.61 Å². The number of nitrogens with one attached hydrogen (secondary N) is 3. The number of carbonyl (C=O) groups excluding carboxylic acids is 3. The van der Waals surface area contributed by atoms with E-state index in [0.29, 0.717) is 37.7 Å². The number of urea groups is 1. The summed E-state index contributed by atoms with van der Waals surface area (Å²) in [6.07, 6.45) is 0.142. The Kier molecular flexibility index (Phi) is 6.92. The number of quaternary nitrogens is 1. The van der Waals surface area contributed by atoms with Crippen molar-refractivity contribution in [2.75, 3.05) is 39.3 Å². The van der Waals surface area contributed by atoms with Crippen LogP contribution < -0.4 is 25.0 Å². The van der Waals surface area contributed by atoms with Crippen molar-refractivity contribution in [3.8, 4) is 11.5 Å². The summed E-state index contributed by atoms with van der Waals surface area (Å²) in [7, 11) is 0. The molecule has 2 heterocycles. The van der Waals surface area contributed by atoms with Gasteiger partial charge >= 0.3 is 6.03 Å². The highest BCUT2D eigenvalue weighted by molar-refractivity contribution is 5.94. The van der Waals surface area contributed by atoms with Gasteiger partial charge in [0.25, 0.3) is 11.8 Å². The summed E-state index contributed by atoms with van der Waals surface area (Å²) >= 11 is 0. The van der Waals surface area contributed by atoms with Gasteiger partial charge < -0.3 is 24.6 Å². The van der Waals surface area contributed by atoms with E-state index >= 15 is 0 Å². The maximum absolute atomic E-state index is 12.7. The Morgan fingerprint density at radius 1 is 1.21 bits per heavy atom. The number of piperazine rings is 1.